The number of nitrogens with zero attached hydrogens (tertiary/aromatic N) is 1. The van der Waals surface area contributed by atoms with Crippen LogP contribution in [-0.2, 0) is 0 Å². The van der Waals surface area contributed by atoms with Crippen molar-refractivity contribution in [3.63, 3.8) is 0 Å². The van der Waals surface area contributed by atoms with Crippen LogP contribution in [0, 0.1) is 0 Å². The third-order valence-corrected chi connectivity index (χ3v) is 3.15. The second-order valence-corrected chi connectivity index (χ2v) is 4.53. The Morgan fingerprint density at radius 2 is 2.19 bits per heavy atom. The summed E-state index contributed by atoms with van der Waals surface area (Å²) in [6, 6.07) is 8.54. The zero-order valence-electron chi connectivity index (χ0n) is 9.23. The van der Waals surface area contributed by atoms with E-state index in [1.165, 1.54) is 4.90 Å². The topological polar surface area (TPSA) is 62.4 Å². The molecule has 0 aliphatic heterocycles. The summed E-state index contributed by atoms with van der Waals surface area (Å²) in [4.78, 5) is 5.62. The lowest BCUT2D eigenvalue weighted by molar-refractivity contribution is 0.965. The van der Waals surface area contributed by atoms with Crippen molar-refractivity contribution in [3.8, 4) is 0 Å². The molecule has 1 aromatic rings. The van der Waals surface area contributed by atoms with E-state index in [4.69, 9.17) is 5.84 Å². The fourth-order valence-electron chi connectivity index (χ4n) is 1.37. The number of hydrogen-bond donors (Lipinski definition) is 3. The normalized spacial score (nSPS) is 16.0. The first kappa shape index (κ1) is 11.3. The van der Waals surface area contributed by atoms with Crippen molar-refractivity contribution in [2.75, 3.05) is 11.6 Å². The number of aliphatic imine (C=N–C) groups is 1. The Kier molecular flexibility index (Phi) is 3.69. The molecule has 4 N–H and O–H groups in total. The number of thioether (sulfide) groups is 1. The molecule has 16 heavy (non-hydrogen) atoms. The number of rotatable bonds is 3. The zero-order chi connectivity index (χ0) is 11.4. The zero-order valence-corrected chi connectivity index (χ0v) is 10.1. The number of anilines is 1. The molecule has 0 unspecified atom stereocenters. The van der Waals surface area contributed by atoms with E-state index in [2.05, 4.69) is 21.8 Å². The minimum Gasteiger partial charge on any atom is -0.324 e. The molecule has 1 aliphatic carbocycles. The van der Waals surface area contributed by atoms with Gasteiger partial charge in [0.05, 0.1) is 11.7 Å². The number of hydrogen-bond acceptors (Lipinski definition) is 3. The average molecular weight is 236 g/mol. The molecule has 86 valence electrons. The summed E-state index contributed by atoms with van der Waals surface area (Å²) >= 11 is 1.70. The lowest BCUT2D eigenvalue weighted by Gasteiger charge is -2.11. The maximum atomic E-state index is 5.44. The quantitative estimate of drug-likeness (QED) is 0.246. The van der Waals surface area contributed by atoms with Crippen molar-refractivity contribution in [1.29, 1.82) is 0 Å². The smallest absolute Gasteiger partial charge is 0.210 e. The molecular formula is C11H16N4S. The first-order valence-corrected chi connectivity index (χ1v) is 6.50. The summed E-state index contributed by atoms with van der Waals surface area (Å²) in [5.41, 5.74) is 3.64. The van der Waals surface area contributed by atoms with Gasteiger partial charge in [-0.25, -0.2) is 10.8 Å². The van der Waals surface area contributed by atoms with Crippen LogP contribution in [0.25, 0.3) is 0 Å². The Labute approximate surface area is 99.7 Å². The minimum atomic E-state index is 0.444. The first-order chi connectivity index (χ1) is 7.83. The lowest BCUT2D eigenvalue weighted by atomic mass is 10.3. The summed E-state index contributed by atoms with van der Waals surface area (Å²) in [5, 5.41) is 3.21. The fourth-order valence-corrected chi connectivity index (χ4v) is 1.92. The fraction of sp³-hybridized carbons (Fsp3) is 0.364. The van der Waals surface area contributed by atoms with E-state index < -0.39 is 0 Å². The van der Waals surface area contributed by atoms with Crippen LogP contribution in [0.1, 0.15) is 12.8 Å². The molecule has 0 atom stereocenters. The lowest BCUT2D eigenvalue weighted by Crippen LogP contribution is -2.36. The van der Waals surface area contributed by atoms with Gasteiger partial charge in [-0.05, 0) is 31.2 Å². The highest BCUT2D eigenvalue weighted by atomic mass is 32.2. The number of benzene rings is 1. The van der Waals surface area contributed by atoms with Gasteiger partial charge in [-0.15, -0.1) is 11.8 Å². The van der Waals surface area contributed by atoms with Crippen LogP contribution >= 0.6 is 11.8 Å². The molecule has 0 radical (unpaired) electrons. The molecule has 0 bridgehead atoms. The van der Waals surface area contributed by atoms with Gasteiger partial charge < -0.3 is 5.32 Å². The van der Waals surface area contributed by atoms with Gasteiger partial charge in [0.1, 0.15) is 0 Å². The number of para-hydroxylation sites is 1. The van der Waals surface area contributed by atoms with E-state index in [9.17, 15) is 0 Å². The van der Waals surface area contributed by atoms with Gasteiger partial charge in [0.2, 0.25) is 5.96 Å². The van der Waals surface area contributed by atoms with Gasteiger partial charge in [0.25, 0.3) is 0 Å². The predicted octanol–water partition coefficient (Wildman–Crippen LogP) is 1.80. The third kappa shape index (κ3) is 2.90. The summed E-state index contributed by atoms with van der Waals surface area (Å²) in [7, 11) is 0. The molecular weight excluding hydrogens is 220 g/mol. The van der Waals surface area contributed by atoms with Gasteiger partial charge >= 0.3 is 0 Å². The molecule has 2 rings (SSSR count). The maximum Gasteiger partial charge on any atom is 0.210 e. The van der Waals surface area contributed by atoms with E-state index in [1.54, 1.807) is 11.8 Å². The Morgan fingerprint density at radius 3 is 2.81 bits per heavy atom. The summed E-state index contributed by atoms with van der Waals surface area (Å²) < 4.78 is 0. The molecule has 1 aliphatic rings. The van der Waals surface area contributed by atoms with Crippen LogP contribution in [0.2, 0.25) is 0 Å². The van der Waals surface area contributed by atoms with Crippen molar-refractivity contribution >= 4 is 23.4 Å². The van der Waals surface area contributed by atoms with Gasteiger partial charge in [-0.3, -0.25) is 5.43 Å². The third-order valence-electron chi connectivity index (χ3n) is 2.36. The molecule has 0 saturated heterocycles. The molecule has 0 aromatic heterocycles. The van der Waals surface area contributed by atoms with Crippen LogP contribution in [0.3, 0.4) is 0 Å². The molecule has 0 amide bonds. The second kappa shape index (κ2) is 5.23. The molecule has 5 heteroatoms. The first-order valence-electron chi connectivity index (χ1n) is 5.28. The van der Waals surface area contributed by atoms with Crippen LogP contribution in [0.4, 0.5) is 5.69 Å². The van der Waals surface area contributed by atoms with Crippen molar-refractivity contribution < 1.29 is 0 Å². The van der Waals surface area contributed by atoms with Crippen molar-refractivity contribution in [2.45, 2.75) is 23.8 Å². The Balaban J connectivity index is 2.11. The van der Waals surface area contributed by atoms with Crippen LogP contribution in [0.15, 0.2) is 34.2 Å². The van der Waals surface area contributed by atoms with Crippen molar-refractivity contribution in [2.24, 2.45) is 10.8 Å². The largest absolute Gasteiger partial charge is 0.324 e. The Hall–Kier alpha value is -1.20. The number of guanidine groups is 1. The van der Waals surface area contributed by atoms with E-state index in [-0.39, 0.29) is 0 Å². The number of nitrogens with one attached hydrogen (secondary N) is 2. The maximum absolute atomic E-state index is 5.44. The van der Waals surface area contributed by atoms with Crippen molar-refractivity contribution in [1.82, 2.24) is 5.43 Å². The highest BCUT2D eigenvalue weighted by Crippen LogP contribution is 2.26. The molecule has 0 heterocycles. The minimum absolute atomic E-state index is 0.444. The van der Waals surface area contributed by atoms with Gasteiger partial charge in [-0.2, -0.15) is 0 Å². The van der Waals surface area contributed by atoms with Crippen molar-refractivity contribution in [3.05, 3.63) is 24.3 Å². The molecule has 1 aromatic carbocycles. The van der Waals surface area contributed by atoms with Crippen LogP contribution in [-0.4, -0.2) is 18.3 Å². The summed E-state index contributed by atoms with van der Waals surface area (Å²) in [6.45, 7) is 0. The van der Waals surface area contributed by atoms with E-state index >= 15 is 0 Å². The number of nitrogens with two attached hydrogens (primary N) is 1. The highest BCUT2D eigenvalue weighted by Gasteiger charge is 2.21. The SMILES string of the molecule is CSc1ccccc1NC(=NC1CC1)NN. The van der Waals surface area contributed by atoms with Gasteiger partial charge in [-0.1, -0.05) is 12.1 Å². The Morgan fingerprint density at radius 1 is 1.44 bits per heavy atom. The predicted molar refractivity (Wildman–Crippen MR) is 69.6 cm³/mol. The second-order valence-electron chi connectivity index (χ2n) is 3.68. The Bertz CT molecular complexity index is 387. The molecule has 0 spiro atoms. The monoisotopic (exact) mass is 236 g/mol. The van der Waals surface area contributed by atoms with Crippen LogP contribution in [0.5, 0.6) is 0 Å². The standard InChI is InChI=1S/C11H16N4S/c1-16-10-5-3-2-4-9(10)14-11(15-12)13-8-6-7-8/h2-5,8H,6-7,12H2,1H3,(H2,13,14,15). The molecule has 1 fully saturated rings. The highest BCUT2D eigenvalue weighted by molar-refractivity contribution is 7.98. The van der Waals surface area contributed by atoms with Gasteiger partial charge in [0.15, 0.2) is 0 Å². The molecule has 4 nitrogen and oxygen atoms in total. The van der Waals surface area contributed by atoms with E-state index in [0.29, 0.717) is 12.0 Å². The van der Waals surface area contributed by atoms with E-state index in [0.717, 1.165) is 18.5 Å². The molecule has 1 saturated carbocycles. The summed E-state index contributed by atoms with van der Waals surface area (Å²) in [5.74, 6) is 6.08. The van der Waals surface area contributed by atoms with Gasteiger partial charge in [0, 0.05) is 4.90 Å². The van der Waals surface area contributed by atoms with E-state index in [1.807, 2.05) is 24.5 Å². The number of hydrazine groups is 1. The summed E-state index contributed by atoms with van der Waals surface area (Å²) in [6.07, 6.45) is 4.38. The van der Waals surface area contributed by atoms with Crippen LogP contribution < -0.4 is 16.6 Å². The average Bonchev–Trinajstić information content (AvgIpc) is 3.13.